The third-order valence-corrected chi connectivity index (χ3v) is 2.56. The van der Waals surface area contributed by atoms with Crippen molar-refractivity contribution in [2.24, 2.45) is 5.73 Å². The first kappa shape index (κ1) is 12.6. The van der Waals surface area contributed by atoms with Crippen LogP contribution in [0.1, 0.15) is 11.1 Å². The van der Waals surface area contributed by atoms with E-state index in [2.05, 4.69) is 0 Å². The van der Waals surface area contributed by atoms with Gasteiger partial charge in [0.2, 0.25) is 0 Å². The number of methoxy groups -OCH3 is 3. The molecule has 0 spiro atoms. The number of nitrogens with two attached hydrogens (primary N) is 1. The van der Waals surface area contributed by atoms with Crippen molar-refractivity contribution in [2.45, 2.75) is 13.3 Å². The van der Waals surface area contributed by atoms with Gasteiger partial charge in [-0.1, -0.05) is 0 Å². The zero-order valence-electron chi connectivity index (χ0n) is 10.3. The monoisotopic (exact) mass is 225 g/mol. The van der Waals surface area contributed by atoms with Gasteiger partial charge in [-0.15, -0.1) is 0 Å². The van der Waals surface area contributed by atoms with Crippen LogP contribution >= 0.6 is 0 Å². The molecule has 0 aromatic heterocycles. The Labute approximate surface area is 96.3 Å². The minimum absolute atomic E-state index is 0.561. The molecule has 0 aliphatic carbocycles. The van der Waals surface area contributed by atoms with Crippen molar-refractivity contribution in [3.05, 3.63) is 17.2 Å². The average Bonchev–Trinajstić information content (AvgIpc) is 2.30. The van der Waals surface area contributed by atoms with Crippen molar-refractivity contribution in [3.8, 4) is 17.2 Å². The van der Waals surface area contributed by atoms with Crippen LogP contribution in [0.4, 0.5) is 0 Å². The lowest BCUT2D eigenvalue weighted by Crippen LogP contribution is -2.06. The van der Waals surface area contributed by atoms with E-state index in [-0.39, 0.29) is 0 Å². The van der Waals surface area contributed by atoms with Crippen LogP contribution in [-0.4, -0.2) is 27.9 Å². The molecule has 4 heteroatoms. The lowest BCUT2D eigenvalue weighted by Gasteiger charge is -2.17. The minimum atomic E-state index is 0.561. The van der Waals surface area contributed by atoms with E-state index in [9.17, 15) is 0 Å². The smallest absolute Gasteiger partial charge is 0.167 e. The van der Waals surface area contributed by atoms with Crippen LogP contribution < -0.4 is 19.9 Å². The van der Waals surface area contributed by atoms with Gasteiger partial charge in [-0.2, -0.15) is 0 Å². The normalized spacial score (nSPS) is 10.1. The third-order valence-electron chi connectivity index (χ3n) is 2.56. The van der Waals surface area contributed by atoms with Crippen LogP contribution in [-0.2, 0) is 6.42 Å². The molecule has 90 valence electrons. The summed E-state index contributed by atoms with van der Waals surface area (Å²) < 4.78 is 16.0. The topological polar surface area (TPSA) is 53.7 Å². The summed E-state index contributed by atoms with van der Waals surface area (Å²) in [7, 11) is 4.89. The van der Waals surface area contributed by atoms with Crippen LogP contribution in [0.25, 0.3) is 0 Å². The Morgan fingerprint density at radius 1 is 1.06 bits per heavy atom. The maximum atomic E-state index is 5.57. The number of hydrogen-bond donors (Lipinski definition) is 1. The van der Waals surface area contributed by atoms with E-state index in [1.807, 2.05) is 13.0 Å². The van der Waals surface area contributed by atoms with Gasteiger partial charge in [-0.3, -0.25) is 0 Å². The summed E-state index contributed by atoms with van der Waals surface area (Å²) in [6.07, 6.45) is 0.732. The molecule has 1 aromatic rings. The number of ether oxygens (including phenoxy) is 3. The fraction of sp³-hybridized carbons (Fsp3) is 0.500. The SMILES string of the molecule is COc1cc(CCN)c(OC)c(OC)c1C. The highest BCUT2D eigenvalue weighted by Gasteiger charge is 2.16. The number of hydrogen-bond acceptors (Lipinski definition) is 4. The minimum Gasteiger partial charge on any atom is -0.496 e. The lowest BCUT2D eigenvalue weighted by atomic mass is 10.1. The van der Waals surface area contributed by atoms with Crippen LogP contribution in [0.5, 0.6) is 17.2 Å². The fourth-order valence-corrected chi connectivity index (χ4v) is 1.78. The van der Waals surface area contributed by atoms with Gasteiger partial charge in [0.25, 0.3) is 0 Å². The van der Waals surface area contributed by atoms with E-state index < -0.39 is 0 Å². The molecule has 0 aliphatic rings. The van der Waals surface area contributed by atoms with Gasteiger partial charge >= 0.3 is 0 Å². The zero-order valence-corrected chi connectivity index (χ0v) is 10.3. The maximum Gasteiger partial charge on any atom is 0.167 e. The average molecular weight is 225 g/mol. The molecule has 2 N–H and O–H groups in total. The van der Waals surface area contributed by atoms with Crippen LogP contribution in [0.15, 0.2) is 6.07 Å². The van der Waals surface area contributed by atoms with Crippen molar-refractivity contribution >= 4 is 0 Å². The van der Waals surface area contributed by atoms with E-state index in [0.717, 1.165) is 29.0 Å². The Morgan fingerprint density at radius 2 is 1.69 bits per heavy atom. The summed E-state index contributed by atoms with van der Waals surface area (Å²) >= 11 is 0. The van der Waals surface area contributed by atoms with Crippen molar-refractivity contribution in [2.75, 3.05) is 27.9 Å². The molecular weight excluding hydrogens is 206 g/mol. The molecule has 4 nitrogen and oxygen atoms in total. The first-order chi connectivity index (χ1) is 7.69. The van der Waals surface area contributed by atoms with Crippen molar-refractivity contribution in [1.29, 1.82) is 0 Å². The van der Waals surface area contributed by atoms with Gasteiger partial charge in [0, 0.05) is 11.1 Å². The molecule has 0 radical (unpaired) electrons. The first-order valence-corrected chi connectivity index (χ1v) is 5.18. The van der Waals surface area contributed by atoms with E-state index >= 15 is 0 Å². The van der Waals surface area contributed by atoms with Gasteiger partial charge in [-0.05, 0) is 26.0 Å². The summed E-state index contributed by atoms with van der Waals surface area (Å²) in [4.78, 5) is 0. The van der Waals surface area contributed by atoms with E-state index in [1.54, 1.807) is 21.3 Å². The van der Waals surface area contributed by atoms with Gasteiger partial charge < -0.3 is 19.9 Å². The Bertz CT molecular complexity index is 364. The molecule has 0 aliphatic heterocycles. The molecular formula is C12H19NO3. The second kappa shape index (κ2) is 5.61. The highest BCUT2D eigenvalue weighted by Crippen LogP contribution is 2.40. The highest BCUT2D eigenvalue weighted by molar-refractivity contribution is 5.58. The molecule has 1 aromatic carbocycles. The molecule has 0 saturated heterocycles. The van der Waals surface area contributed by atoms with Crippen molar-refractivity contribution in [3.63, 3.8) is 0 Å². The van der Waals surface area contributed by atoms with Gasteiger partial charge in [0.05, 0.1) is 21.3 Å². The Hall–Kier alpha value is -1.42. The summed E-state index contributed by atoms with van der Waals surface area (Å²) in [6.45, 7) is 2.50. The molecule has 1 rings (SSSR count). The Kier molecular flexibility index (Phi) is 4.43. The molecule has 16 heavy (non-hydrogen) atoms. The summed E-state index contributed by atoms with van der Waals surface area (Å²) in [5, 5.41) is 0. The van der Waals surface area contributed by atoms with Gasteiger partial charge in [0.1, 0.15) is 5.75 Å². The van der Waals surface area contributed by atoms with E-state index in [0.29, 0.717) is 12.3 Å². The quantitative estimate of drug-likeness (QED) is 0.825. The number of rotatable bonds is 5. The van der Waals surface area contributed by atoms with Crippen LogP contribution in [0.2, 0.25) is 0 Å². The Morgan fingerprint density at radius 3 is 2.12 bits per heavy atom. The van der Waals surface area contributed by atoms with E-state index in [4.69, 9.17) is 19.9 Å². The number of benzene rings is 1. The first-order valence-electron chi connectivity index (χ1n) is 5.18. The highest BCUT2D eigenvalue weighted by atomic mass is 16.5. The van der Waals surface area contributed by atoms with Gasteiger partial charge in [0.15, 0.2) is 11.5 Å². The lowest BCUT2D eigenvalue weighted by molar-refractivity contribution is 0.342. The summed E-state index contributed by atoms with van der Waals surface area (Å²) in [5.74, 6) is 2.25. The maximum absolute atomic E-state index is 5.57. The van der Waals surface area contributed by atoms with Crippen molar-refractivity contribution in [1.82, 2.24) is 0 Å². The summed E-state index contributed by atoms with van der Waals surface area (Å²) in [5.41, 5.74) is 7.51. The molecule has 0 atom stereocenters. The molecule has 0 unspecified atom stereocenters. The summed E-state index contributed by atoms with van der Waals surface area (Å²) in [6, 6.07) is 1.95. The van der Waals surface area contributed by atoms with E-state index in [1.165, 1.54) is 0 Å². The predicted octanol–water partition coefficient (Wildman–Crippen LogP) is 1.52. The third kappa shape index (κ3) is 2.22. The Balaban J connectivity index is 3.37. The van der Waals surface area contributed by atoms with Crippen LogP contribution in [0.3, 0.4) is 0 Å². The van der Waals surface area contributed by atoms with Crippen molar-refractivity contribution < 1.29 is 14.2 Å². The molecule has 0 fully saturated rings. The molecule has 0 heterocycles. The predicted molar refractivity (Wildman–Crippen MR) is 63.6 cm³/mol. The fourth-order valence-electron chi connectivity index (χ4n) is 1.78. The van der Waals surface area contributed by atoms with Crippen LogP contribution in [0, 0.1) is 6.92 Å². The largest absolute Gasteiger partial charge is 0.496 e. The molecule has 0 amide bonds. The molecule has 0 bridgehead atoms. The second-order valence-electron chi connectivity index (χ2n) is 3.47. The zero-order chi connectivity index (χ0) is 12.1. The second-order valence-corrected chi connectivity index (χ2v) is 3.47. The van der Waals surface area contributed by atoms with Gasteiger partial charge in [-0.25, -0.2) is 0 Å². The molecule has 0 saturated carbocycles. The standard InChI is InChI=1S/C12H19NO3/c1-8-10(14-2)7-9(5-6-13)12(16-4)11(8)15-3/h7H,5-6,13H2,1-4H3.